The normalized spacial score (nSPS) is 15.3. The number of benzene rings is 3. The van der Waals surface area contributed by atoms with Gasteiger partial charge in [0.1, 0.15) is 0 Å². The van der Waals surface area contributed by atoms with E-state index in [1.165, 1.54) is 5.56 Å². The van der Waals surface area contributed by atoms with Crippen molar-refractivity contribution in [1.29, 1.82) is 0 Å². The van der Waals surface area contributed by atoms with Crippen LogP contribution in [0.3, 0.4) is 0 Å². The van der Waals surface area contributed by atoms with E-state index in [1.54, 1.807) is 29.2 Å². The molecule has 3 aromatic rings. The predicted octanol–water partition coefficient (Wildman–Crippen LogP) is 4.48. The van der Waals surface area contributed by atoms with E-state index in [0.717, 1.165) is 23.2 Å². The summed E-state index contributed by atoms with van der Waals surface area (Å²) in [6.07, 6.45) is 1.07. The van der Waals surface area contributed by atoms with Gasteiger partial charge in [-0.15, -0.1) is 0 Å². The van der Waals surface area contributed by atoms with Crippen molar-refractivity contribution in [2.45, 2.75) is 33.2 Å². The van der Waals surface area contributed by atoms with Crippen LogP contribution in [0.5, 0.6) is 0 Å². The van der Waals surface area contributed by atoms with Crippen LogP contribution in [0, 0.1) is 12.8 Å². The maximum absolute atomic E-state index is 13.0. The number of carbonyl (C=O) groups is 3. The molecule has 2 N–H and O–H groups in total. The lowest BCUT2D eigenvalue weighted by atomic mass is 10.1. The number of para-hydroxylation sites is 1. The number of rotatable bonds is 7. The quantitative estimate of drug-likeness (QED) is 0.551. The van der Waals surface area contributed by atoms with Gasteiger partial charge >= 0.3 is 0 Å². The average Bonchev–Trinajstić information content (AvgIpc) is 3.24. The summed E-state index contributed by atoms with van der Waals surface area (Å²) >= 11 is 0. The zero-order valence-corrected chi connectivity index (χ0v) is 19.5. The Morgan fingerprint density at radius 1 is 0.971 bits per heavy atom. The highest BCUT2D eigenvalue weighted by Crippen LogP contribution is 2.27. The Labute approximate surface area is 200 Å². The van der Waals surface area contributed by atoms with Gasteiger partial charge in [0, 0.05) is 25.2 Å². The summed E-state index contributed by atoms with van der Waals surface area (Å²) < 4.78 is 0. The first-order valence-electron chi connectivity index (χ1n) is 11.6. The van der Waals surface area contributed by atoms with Crippen LogP contribution in [0.15, 0.2) is 72.8 Å². The van der Waals surface area contributed by atoms with Crippen molar-refractivity contribution in [2.75, 3.05) is 16.8 Å². The summed E-state index contributed by atoms with van der Waals surface area (Å²) in [5, 5.41) is 5.79. The predicted molar refractivity (Wildman–Crippen MR) is 134 cm³/mol. The number of hydrogen-bond donors (Lipinski definition) is 2. The minimum atomic E-state index is -0.484. The van der Waals surface area contributed by atoms with Gasteiger partial charge in [0.15, 0.2) is 0 Å². The smallest absolute Gasteiger partial charge is 0.253 e. The second kappa shape index (κ2) is 10.3. The molecule has 3 amide bonds. The standard InChI is InChI=1S/C28H29N3O3/c1-3-20-11-13-23(14-12-20)31-18-22(16-26(31)32)27(33)30-25-10-5-4-9-24(25)28(34)29-17-21-8-6-7-19(2)15-21/h4-15,22H,3,16-18H2,1-2H3,(H,29,34)(H,30,33)/t22-/m0/s1. The van der Waals surface area contributed by atoms with Crippen molar-refractivity contribution < 1.29 is 14.4 Å². The highest BCUT2D eigenvalue weighted by atomic mass is 16.2. The van der Waals surface area contributed by atoms with Crippen LogP contribution in [-0.2, 0) is 22.6 Å². The number of nitrogens with zero attached hydrogens (tertiary/aromatic N) is 1. The van der Waals surface area contributed by atoms with Crippen LogP contribution in [0.25, 0.3) is 0 Å². The highest BCUT2D eigenvalue weighted by molar-refractivity contribution is 6.07. The Bertz CT molecular complexity index is 1200. The van der Waals surface area contributed by atoms with Gasteiger partial charge in [-0.05, 0) is 48.7 Å². The topological polar surface area (TPSA) is 78.5 Å². The van der Waals surface area contributed by atoms with Crippen molar-refractivity contribution in [1.82, 2.24) is 5.32 Å². The molecular formula is C28H29N3O3. The fourth-order valence-electron chi connectivity index (χ4n) is 4.17. The lowest BCUT2D eigenvalue weighted by Crippen LogP contribution is -2.29. The molecule has 6 nitrogen and oxygen atoms in total. The maximum atomic E-state index is 13.0. The van der Waals surface area contributed by atoms with E-state index in [-0.39, 0.29) is 24.1 Å². The fourth-order valence-corrected chi connectivity index (χ4v) is 4.17. The van der Waals surface area contributed by atoms with Crippen LogP contribution in [0.1, 0.15) is 40.4 Å². The van der Waals surface area contributed by atoms with Crippen LogP contribution >= 0.6 is 0 Å². The SMILES string of the molecule is CCc1ccc(N2C[C@@H](C(=O)Nc3ccccc3C(=O)NCc3cccc(C)c3)CC2=O)cc1. The Kier molecular flexibility index (Phi) is 7.07. The molecule has 34 heavy (non-hydrogen) atoms. The lowest BCUT2D eigenvalue weighted by molar-refractivity contribution is -0.122. The second-order valence-corrected chi connectivity index (χ2v) is 8.63. The van der Waals surface area contributed by atoms with E-state index in [0.29, 0.717) is 24.3 Å². The summed E-state index contributed by atoms with van der Waals surface area (Å²) in [5.41, 5.74) is 4.95. The van der Waals surface area contributed by atoms with Gasteiger partial charge in [0.05, 0.1) is 17.2 Å². The summed E-state index contributed by atoms with van der Waals surface area (Å²) in [4.78, 5) is 40.1. The first kappa shape index (κ1) is 23.2. The molecule has 1 aliphatic rings. The third kappa shape index (κ3) is 5.34. The molecule has 1 fully saturated rings. The first-order chi connectivity index (χ1) is 16.4. The van der Waals surface area contributed by atoms with Crippen molar-refractivity contribution in [3.63, 3.8) is 0 Å². The van der Waals surface area contributed by atoms with Crippen molar-refractivity contribution >= 4 is 29.1 Å². The molecule has 1 aliphatic heterocycles. The van der Waals surface area contributed by atoms with E-state index in [2.05, 4.69) is 17.6 Å². The average molecular weight is 456 g/mol. The molecule has 0 bridgehead atoms. The fraction of sp³-hybridized carbons (Fsp3) is 0.250. The number of aryl methyl sites for hydroxylation is 2. The Balaban J connectivity index is 1.41. The molecule has 1 saturated heterocycles. The number of nitrogens with one attached hydrogen (secondary N) is 2. The molecule has 174 valence electrons. The highest BCUT2D eigenvalue weighted by Gasteiger charge is 2.35. The van der Waals surface area contributed by atoms with Gasteiger partial charge in [0.2, 0.25) is 11.8 Å². The van der Waals surface area contributed by atoms with Gasteiger partial charge in [-0.3, -0.25) is 14.4 Å². The monoisotopic (exact) mass is 455 g/mol. The molecule has 3 aromatic carbocycles. The molecule has 6 heteroatoms. The molecule has 4 rings (SSSR count). The largest absolute Gasteiger partial charge is 0.348 e. The Morgan fingerprint density at radius 3 is 2.47 bits per heavy atom. The van der Waals surface area contributed by atoms with Gasteiger partial charge < -0.3 is 15.5 Å². The van der Waals surface area contributed by atoms with Crippen LogP contribution in [-0.4, -0.2) is 24.3 Å². The zero-order chi connectivity index (χ0) is 24.1. The molecule has 1 atom stereocenters. The third-order valence-corrected chi connectivity index (χ3v) is 6.12. The summed E-state index contributed by atoms with van der Waals surface area (Å²) in [7, 11) is 0. The van der Waals surface area contributed by atoms with Gasteiger partial charge in [-0.25, -0.2) is 0 Å². The van der Waals surface area contributed by atoms with Crippen molar-refractivity contribution in [3.8, 4) is 0 Å². The van der Waals surface area contributed by atoms with E-state index >= 15 is 0 Å². The summed E-state index contributed by atoms with van der Waals surface area (Å²) in [5.74, 6) is -1.09. The molecule has 0 radical (unpaired) electrons. The third-order valence-electron chi connectivity index (χ3n) is 6.12. The molecular weight excluding hydrogens is 426 g/mol. The minimum Gasteiger partial charge on any atom is -0.348 e. The maximum Gasteiger partial charge on any atom is 0.253 e. The first-order valence-corrected chi connectivity index (χ1v) is 11.6. The molecule has 0 saturated carbocycles. The summed E-state index contributed by atoms with van der Waals surface area (Å²) in [6, 6.07) is 22.7. The van der Waals surface area contributed by atoms with Gasteiger partial charge in [0.25, 0.3) is 5.91 Å². The number of hydrogen-bond acceptors (Lipinski definition) is 3. The Hall–Kier alpha value is -3.93. The summed E-state index contributed by atoms with van der Waals surface area (Å²) in [6.45, 7) is 4.80. The number of anilines is 2. The molecule has 1 heterocycles. The minimum absolute atomic E-state index is 0.0754. The van der Waals surface area contributed by atoms with Crippen LogP contribution < -0.4 is 15.5 Å². The van der Waals surface area contributed by atoms with Crippen molar-refractivity contribution in [3.05, 3.63) is 95.1 Å². The number of amides is 3. The van der Waals surface area contributed by atoms with Crippen LogP contribution in [0.4, 0.5) is 11.4 Å². The van der Waals surface area contributed by atoms with Crippen LogP contribution in [0.2, 0.25) is 0 Å². The molecule has 0 aliphatic carbocycles. The van der Waals surface area contributed by atoms with Gasteiger partial charge in [-0.1, -0.05) is 61.0 Å². The number of carbonyl (C=O) groups excluding carboxylic acids is 3. The molecule has 0 unspecified atom stereocenters. The van der Waals surface area contributed by atoms with E-state index in [9.17, 15) is 14.4 Å². The second-order valence-electron chi connectivity index (χ2n) is 8.63. The van der Waals surface area contributed by atoms with E-state index in [1.807, 2.05) is 55.5 Å². The van der Waals surface area contributed by atoms with Crippen molar-refractivity contribution in [2.24, 2.45) is 5.92 Å². The Morgan fingerprint density at radius 2 is 1.74 bits per heavy atom. The molecule has 0 spiro atoms. The zero-order valence-electron chi connectivity index (χ0n) is 19.5. The molecule has 0 aromatic heterocycles. The lowest BCUT2D eigenvalue weighted by Gasteiger charge is -2.17. The van der Waals surface area contributed by atoms with E-state index in [4.69, 9.17) is 0 Å². The van der Waals surface area contributed by atoms with Gasteiger partial charge in [-0.2, -0.15) is 0 Å². The van der Waals surface area contributed by atoms with E-state index < -0.39 is 5.92 Å².